The highest BCUT2D eigenvalue weighted by atomic mass is 15.3. The second kappa shape index (κ2) is 9.80. The standard InChI is InChI=1S/C34H25N5/c1-4-12-26(13-5-1)37-29-18-10-20-31(22-29)38(27-14-6-2-7-15-27)33-24-34(36-25-35-33)39(28-16-8-3-9-17-28)32-21-11-19-30(37)23-32/h1-25H. The lowest BCUT2D eigenvalue weighted by atomic mass is 10.1. The van der Waals surface area contributed by atoms with Crippen molar-refractivity contribution in [2.45, 2.75) is 0 Å². The maximum atomic E-state index is 4.76. The predicted molar refractivity (Wildman–Crippen MR) is 160 cm³/mol. The van der Waals surface area contributed by atoms with Crippen LogP contribution in [0.4, 0.5) is 51.4 Å². The number of rotatable bonds is 3. The molecule has 6 bridgehead atoms. The summed E-state index contributed by atoms with van der Waals surface area (Å²) in [5.41, 5.74) is 7.24. The van der Waals surface area contributed by atoms with Crippen molar-refractivity contribution in [2.75, 3.05) is 14.7 Å². The highest BCUT2D eigenvalue weighted by molar-refractivity contribution is 5.86. The topological polar surface area (TPSA) is 35.5 Å². The van der Waals surface area contributed by atoms with Gasteiger partial charge in [-0.3, -0.25) is 9.80 Å². The second-order valence-electron chi connectivity index (χ2n) is 9.29. The van der Waals surface area contributed by atoms with E-state index in [1.54, 1.807) is 6.33 Å². The molecular weight excluding hydrogens is 478 g/mol. The molecule has 5 nitrogen and oxygen atoms in total. The molecule has 0 fully saturated rings. The zero-order chi connectivity index (χ0) is 26.0. The van der Waals surface area contributed by atoms with Crippen LogP contribution < -0.4 is 14.7 Å². The highest BCUT2D eigenvalue weighted by Gasteiger charge is 2.22. The molecule has 2 heterocycles. The van der Waals surface area contributed by atoms with Crippen LogP contribution in [-0.2, 0) is 0 Å². The monoisotopic (exact) mass is 503 g/mol. The molecule has 1 aromatic heterocycles. The number of fused-ring (bicyclic) bond motifs is 6. The first-order valence-electron chi connectivity index (χ1n) is 12.9. The van der Waals surface area contributed by atoms with Crippen molar-refractivity contribution in [1.82, 2.24) is 9.97 Å². The van der Waals surface area contributed by atoms with Crippen molar-refractivity contribution in [2.24, 2.45) is 0 Å². The summed E-state index contributed by atoms with van der Waals surface area (Å²) >= 11 is 0. The van der Waals surface area contributed by atoms with Gasteiger partial charge in [0.05, 0.1) is 0 Å². The van der Waals surface area contributed by atoms with E-state index in [2.05, 4.69) is 142 Å². The average Bonchev–Trinajstić information content (AvgIpc) is 3.00. The molecule has 5 heteroatoms. The number of benzene rings is 5. The maximum absolute atomic E-state index is 4.76. The third-order valence-corrected chi connectivity index (χ3v) is 6.83. The summed E-state index contributed by atoms with van der Waals surface area (Å²) in [5, 5.41) is 0. The minimum atomic E-state index is 0.785. The van der Waals surface area contributed by atoms with E-state index in [1.807, 2.05) is 18.2 Å². The fourth-order valence-corrected chi connectivity index (χ4v) is 5.13. The number of nitrogens with zero attached hydrogens (tertiary/aromatic N) is 5. The molecule has 0 radical (unpaired) electrons. The van der Waals surface area contributed by atoms with Crippen molar-refractivity contribution >= 4 is 51.4 Å². The van der Waals surface area contributed by atoms with Gasteiger partial charge in [0, 0.05) is 45.9 Å². The molecule has 0 atom stereocenters. The Hall–Kier alpha value is -5.42. The van der Waals surface area contributed by atoms with E-state index in [9.17, 15) is 0 Å². The van der Waals surface area contributed by atoms with Gasteiger partial charge in [-0.2, -0.15) is 0 Å². The average molecular weight is 504 g/mol. The van der Waals surface area contributed by atoms with E-state index in [0.717, 1.165) is 51.4 Å². The Morgan fingerprint density at radius 2 is 0.641 bits per heavy atom. The summed E-state index contributed by atoms with van der Waals surface area (Å²) < 4.78 is 0. The van der Waals surface area contributed by atoms with Gasteiger partial charge in [0.2, 0.25) is 0 Å². The quantitative estimate of drug-likeness (QED) is 0.240. The van der Waals surface area contributed by atoms with Gasteiger partial charge in [-0.15, -0.1) is 0 Å². The smallest absolute Gasteiger partial charge is 0.143 e. The molecule has 0 saturated heterocycles. The Bertz CT molecular complexity index is 1460. The third-order valence-electron chi connectivity index (χ3n) is 6.83. The molecule has 0 aliphatic carbocycles. The van der Waals surface area contributed by atoms with E-state index in [1.165, 1.54) is 0 Å². The Balaban J connectivity index is 1.55. The lowest BCUT2D eigenvalue weighted by molar-refractivity contribution is 1.08. The van der Waals surface area contributed by atoms with E-state index in [4.69, 9.17) is 9.97 Å². The summed E-state index contributed by atoms with van der Waals surface area (Å²) in [7, 11) is 0. The molecule has 186 valence electrons. The first kappa shape index (κ1) is 22.8. The molecule has 0 unspecified atom stereocenters. The first-order valence-corrected chi connectivity index (χ1v) is 12.9. The van der Waals surface area contributed by atoms with Gasteiger partial charge in [-0.1, -0.05) is 66.7 Å². The first-order chi connectivity index (χ1) is 19.3. The van der Waals surface area contributed by atoms with Crippen LogP contribution in [0.3, 0.4) is 0 Å². The summed E-state index contributed by atoms with van der Waals surface area (Å²) in [6.45, 7) is 0. The zero-order valence-corrected chi connectivity index (χ0v) is 21.2. The van der Waals surface area contributed by atoms with Crippen LogP contribution in [0.1, 0.15) is 0 Å². The third kappa shape index (κ3) is 4.26. The molecule has 0 amide bonds. The Morgan fingerprint density at radius 1 is 0.308 bits per heavy atom. The van der Waals surface area contributed by atoms with Crippen LogP contribution in [0, 0.1) is 0 Å². The number of hydrogen-bond acceptors (Lipinski definition) is 5. The van der Waals surface area contributed by atoms with Crippen molar-refractivity contribution in [1.29, 1.82) is 0 Å². The van der Waals surface area contributed by atoms with Crippen molar-refractivity contribution in [3.05, 3.63) is 152 Å². The largest absolute Gasteiger partial charge is 0.310 e. The van der Waals surface area contributed by atoms with Gasteiger partial charge < -0.3 is 4.90 Å². The number of para-hydroxylation sites is 3. The lowest BCUT2D eigenvalue weighted by Crippen LogP contribution is -2.18. The molecule has 1 aliphatic heterocycles. The molecule has 1 aliphatic rings. The summed E-state index contributed by atoms with van der Waals surface area (Å²) in [4.78, 5) is 16.2. The van der Waals surface area contributed by atoms with Crippen molar-refractivity contribution < 1.29 is 0 Å². The molecule has 5 aromatic carbocycles. The SMILES string of the molecule is c1ccc(N2c3cccc(c3)N(c3ccccc3)c3cc(ncn3)N(c3ccccc3)c3cccc2c3)cc1. The molecule has 6 aromatic rings. The van der Waals surface area contributed by atoms with Crippen LogP contribution in [0.5, 0.6) is 0 Å². The number of anilines is 9. The fraction of sp³-hybridized carbons (Fsp3) is 0. The van der Waals surface area contributed by atoms with Gasteiger partial charge >= 0.3 is 0 Å². The van der Waals surface area contributed by atoms with Gasteiger partial charge in [0.25, 0.3) is 0 Å². The molecule has 0 saturated carbocycles. The van der Waals surface area contributed by atoms with Gasteiger partial charge in [-0.25, -0.2) is 9.97 Å². The summed E-state index contributed by atoms with van der Waals surface area (Å²) in [6, 6.07) is 50.4. The van der Waals surface area contributed by atoms with Crippen LogP contribution in [0.15, 0.2) is 152 Å². The normalized spacial score (nSPS) is 12.5. The van der Waals surface area contributed by atoms with E-state index in [0.29, 0.717) is 0 Å². The Labute approximate surface area is 227 Å². The summed E-state index contributed by atoms with van der Waals surface area (Å²) in [5.74, 6) is 1.57. The maximum Gasteiger partial charge on any atom is 0.143 e. The van der Waals surface area contributed by atoms with Crippen LogP contribution >= 0.6 is 0 Å². The molecule has 0 N–H and O–H groups in total. The molecular formula is C34H25N5. The molecule has 39 heavy (non-hydrogen) atoms. The summed E-state index contributed by atoms with van der Waals surface area (Å²) in [6.07, 6.45) is 1.65. The highest BCUT2D eigenvalue weighted by Crippen LogP contribution is 2.44. The zero-order valence-electron chi connectivity index (χ0n) is 21.2. The van der Waals surface area contributed by atoms with Crippen LogP contribution in [0.2, 0.25) is 0 Å². The lowest BCUT2D eigenvalue weighted by Gasteiger charge is -2.32. The minimum absolute atomic E-state index is 0.785. The van der Waals surface area contributed by atoms with Gasteiger partial charge in [-0.05, 0) is 72.8 Å². The molecule has 7 rings (SSSR count). The number of hydrogen-bond donors (Lipinski definition) is 0. The van der Waals surface area contributed by atoms with E-state index in [-0.39, 0.29) is 0 Å². The van der Waals surface area contributed by atoms with Crippen molar-refractivity contribution in [3.8, 4) is 0 Å². The van der Waals surface area contributed by atoms with Crippen LogP contribution in [0.25, 0.3) is 0 Å². The van der Waals surface area contributed by atoms with Crippen LogP contribution in [-0.4, -0.2) is 9.97 Å². The molecule has 0 spiro atoms. The predicted octanol–water partition coefficient (Wildman–Crippen LogP) is 9.20. The number of aromatic nitrogens is 2. The van der Waals surface area contributed by atoms with E-state index < -0.39 is 0 Å². The van der Waals surface area contributed by atoms with Gasteiger partial charge in [0.1, 0.15) is 18.0 Å². The fourth-order valence-electron chi connectivity index (χ4n) is 5.13. The minimum Gasteiger partial charge on any atom is -0.310 e. The van der Waals surface area contributed by atoms with Crippen molar-refractivity contribution in [3.63, 3.8) is 0 Å². The van der Waals surface area contributed by atoms with Gasteiger partial charge in [0.15, 0.2) is 0 Å². The Kier molecular flexibility index (Phi) is 5.72. The van der Waals surface area contributed by atoms with E-state index >= 15 is 0 Å². The second-order valence-corrected chi connectivity index (χ2v) is 9.29. The Morgan fingerprint density at radius 3 is 1.05 bits per heavy atom.